The molecule has 1 aliphatic heterocycles. The van der Waals surface area contributed by atoms with E-state index in [1.807, 2.05) is 29.2 Å². The van der Waals surface area contributed by atoms with Gasteiger partial charge in [-0.3, -0.25) is 9.78 Å². The van der Waals surface area contributed by atoms with E-state index in [4.69, 9.17) is 9.40 Å². The van der Waals surface area contributed by atoms with Gasteiger partial charge in [0, 0.05) is 43.7 Å². The van der Waals surface area contributed by atoms with Gasteiger partial charge in [-0.05, 0) is 36.6 Å². The van der Waals surface area contributed by atoms with Crippen molar-refractivity contribution in [3.8, 4) is 0 Å². The van der Waals surface area contributed by atoms with Gasteiger partial charge in [0.15, 0.2) is 11.6 Å². The van der Waals surface area contributed by atoms with Crippen LogP contribution in [0.3, 0.4) is 0 Å². The maximum Gasteiger partial charge on any atom is 0.275 e. The monoisotopic (exact) mass is 379 g/mol. The first-order valence-corrected chi connectivity index (χ1v) is 9.51. The second kappa shape index (κ2) is 7.92. The molecule has 0 spiro atoms. The minimum Gasteiger partial charge on any atom is -0.448 e. The molecular weight excluding hydrogens is 357 g/mol. The summed E-state index contributed by atoms with van der Waals surface area (Å²) in [6.07, 6.45) is 3.74. The van der Waals surface area contributed by atoms with E-state index in [9.17, 15) is 9.18 Å². The lowest BCUT2D eigenvalue weighted by Crippen LogP contribution is -2.39. The van der Waals surface area contributed by atoms with Gasteiger partial charge in [0.05, 0.1) is 0 Å². The van der Waals surface area contributed by atoms with Gasteiger partial charge in [-0.15, -0.1) is 0 Å². The number of nitrogens with zero attached hydrogens (tertiary/aromatic N) is 3. The van der Waals surface area contributed by atoms with Crippen molar-refractivity contribution < 1.29 is 13.6 Å². The van der Waals surface area contributed by atoms with Crippen molar-refractivity contribution in [1.29, 1.82) is 0 Å². The fourth-order valence-electron chi connectivity index (χ4n) is 3.69. The summed E-state index contributed by atoms with van der Waals surface area (Å²) >= 11 is 0. The van der Waals surface area contributed by atoms with Crippen LogP contribution in [0.15, 0.2) is 53.1 Å². The number of carbonyl (C=O) groups is 1. The van der Waals surface area contributed by atoms with E-state index in [1.54, 1.807) is 19.1 Å². The van der Waals surface area contributed by atoms with E-state index in [-0.39, 0.29) is 17.6 Å². The largest absolute Gasteiger partial charge is 0.448 e. The number of carbonyl (C=O) groups excluding carboxylic acids is 1. The molecule has 0 unspecified atom stereocenters. The van der Waals surface area contributed by atoms with Crippen molar-refractivity contribution in [2.45, 2.75) is 32.1 Å². The number of amides is 1. The molecule has 1 saturated heterocycles. The molecule has 1 aromatic carbocycles. The molecule has 1 aliphatic rings. The molecule has 5 nitrogen and oxygen atoms in total. The number of oxazole rings is 1. The van der Waals surface area contributed by atoms with Crippen LogP contribution in [-0.4, -0.2) is 33.9 Å². The molecule has 1 amide bonds. The zero-order valence-electron chi connectivity index (χ0n) is 15.8. The van der Waals surface area contributed by atoms with Crippen LogP contribution in [0.4, 0.5) is 4.39 Å². The van der Waals surface area contributed by atoms with Crippen molar-refractivity contribution in [2.24, 2.45) is 0 Å². The maximum absolute atomic E-state index is 13.9. The Morgan fingerprint density at radius 2 is 2.07 bits per heavy atom. The predicted molar refractivity (Wildman–Crippen MR) is 103 cm³/mol. The number of piperidine rings is 1. The standard InChI is InChI=1S/C22H22FN3O2/c1-15-24-21(14-28-15)22(27)26-11-5-7-17(13-26)20-10-4-8-18(25-20)12-16-6-2-3-9-19(16)23/h2-4,6,8-10,14,17H,5,7,11-13H2,1H3/t17-/m0/s1. The van der Waals surface area contributed by atoms with Gasteiger partial charge in [0.2, 0.25) is 0 Å². The highest BCUT2D eigenvalue weighted by atomic mass is 19.1. The van der Waals surface area contributed by atoms with Crippen LogP contribution in [0.5, 0.6) is 0 Å². The molecular formula is C22H22FN3O2. The summed E-state index contributed by atoms with van der Waals surface area (Å²) in [6, 6.07) is 12.6. The minimum absolute atomic E-state index is 0.107. The second-order valence-electron chi connectivity index (χ2n) is 7.16. The first-order chi connectivity index (χ1) is 13.6. The third kappa shape index (κ3) is 3.96. The number of halogens is 1. The molecule has 0 saturated carbocycles. The summed E-state index contributed by atoms with van der Waals surface area (Å²) in [6.45, 7) is 3.03. The first kappa shape index (κ1) is 18.3. The van der Waals surface area contributed by atoms with Crippen molar-refractivity contribution in [3.05, 3.63) is 83.1 Å². The lowest BCUT2D eigenvalue weighted by atomic mass is 9.93. The molecule has 0 radical (unpaired) electrons. The van der Waals surface area contributed by atoms with Gasteiger partial charge >= 0.3 is 0 Å². The Hall–Kier alpha value is -3.02. The number of hydrogen-bond acceptors (Lipinski definition) is 4. The molecule has 3 aromatic rings. The highest BCUT2D eigenvalue weighted by Crippen LogP contribution is 2.27. The Kier molecular flexibility index (Phi) is 5.19. The van der Waals surface area contributed by atoms with Gasteiger partial charge < -0.3 is 9.32 Å². The fourth-order valence-corrected chi connectivity index (χ4v) is 3.69. The summed E-state index contributed by atoms with van der Waals surface area (Å²) < 4.78 is 19.1. The lowest BCUT2D eigenvalue weighted by molar-refractivity contribution is 0.0700. The smallest absolute Gasteiger partial charge is 0.275 e. The Morgan fingerprint density at radius 1 is 1.21 bits per heavy atom. The van der Waals surface area contributed by atoms with Crippen LogP contribution in [0.2, 0.25) is 0 Å². The van der Waals surface area contributed by atoms with Gasteiger partial charge in [0.25, 0.3) is 5.91 Å². The molecule has 6 heteroatoms. The lowest BCUT2D eigenvalue weighted by Gasteiger charge is -2.32. The molecule has 2 aromatic heterocycles. The maximum atomic E-state index is 13.9. The van der Waals surface area contributed by atoms with Crippen molar-refractivity contribution in [3.63, 3.8) is 0 Å². The quantitative estimate of drug-likeness (QED) is 0.684. The van der Waals surface area contributed by atoms with E-state index in [1.165, 1.54) is 12.3 Å². The normalized spacial score (nSPS) is 16.9. The summed E-state index contributed by atoms with van der Waals surface area (Å²) in [7, 11) is 0. The minimum atomic E-state index is -0.216. The van der Waals surface area contributed by atoms with Crippen LogP contribution in [0.25, 0.3) is 0 Å². The van der Waals surface area contributed by atoms with E-state index in [0.29, 0.717) is 36.7 Å². The Bertz CT molecular complexity index is 985. The molecule has 0 bridgehead atoms. The fraction of sp³-hybridized carbons (Fsp3) is 0.318. The average molecular weight is 379 g/mol. The first-order valence-electron chi connectivity index (χ1n) is 9.51. The number of benzene rings is 1. The number of pyridine rings is 1. The van der Waals surface area contributed by atoms with Crippen molar-refractivity contribution in [1.82, 2.24) is 14.9 Å². The zero-order chi connectivity index (χ0) is 19.5. The SMILES string of the molecule is Cc1nc(C(=O)N2CCC[C@H](c3cccc(Cc4ccccc4F)n3)C2)co1. The topological polar surface area (TPSA) is 59.2 Å². The van der Waals surface area contributed by atoms with Crippen LogP contribution < -0.4 is 0 Å². The second-order valence-corrected chi connectivity index (χ2v) is 7.16. The van der Waals surface area contributed by atoms with Gasteiger partial charge in [-0.1, -0.05) is 24.3 Å². The average Bonchev–Trinajstić information content (AvgIpc) is 3.16. The van der Waals surface area contributed by atoms with E-state index >= 15 is 0 Å². The Balaban J connectivity index is 1.49. The number of rotatable bonds is 4. The predicted octanol–water partition coefficient (Wildman–Crippen LogP) is 4.13. The number of aryl methyl sites for hydroxylation is 1. The molecule has 0 N–H and O–H groups in total. The van der Waals surface area contributed by atoms with Crippen LogP contribution in [-0.2, 0) is 6.42 Å². The van der Waals surface area contributed by atoms with Gasteiger partial charge in [0.1, 0.15) is 12.1 Å². The zero-order valence-corrected chi connectivity index (χ0v) is 15.8. The molecule has 144 valence electrons. The molecule has 1 atom stereocenters. The van der Waals surface area contributed by atoms with Gasteiger partial charge in [-0.25, -0.2) is 9.37 Å². The van der Waals surface area contributed by atoms with E-state index < -0.39 is 0 Å². The van der Waals surface area contributed by atoms with Crippen LogP contribution in [0.1, 0.15) is 52.1 Å². The van der Waals surface area contributed by atoms with Crippen molar-refractivity contribution in [2.75, 3.05) is 13.1 Å². The summed E-state index contributed by atoms with van der Waals surface area (Å²) in [5.74, 6) is 0.321. The van der Waals surface area contributed by atoms with E-state index in [0.717, 1.165) is 24.2 Å². The molecule has 0 aliphatic carbocycles. The third-order valence-electron chi connectivity index (χ3n) is 5.12. The highest BCUT2D eigenvalue weighted by molar-refractivity contribution is 5.92. The molecule has 28 heavy (non-hydrogen) atoms. The number of aromatic nitrogens is 2. The van der Waals surface area contributed by atoms with Crippen molar-refractivity contribution >= 4 is 5.91 Å². The summed E-state index contributed by atoms with van der Waals surface area (Å²) in [5.41, 5.74) is 2.76. The van der Waals surface area contributed by atoms with Gasteiger partial charge in [-0.2, -0.15) is 0 Å². The molecule has 3 heterocycles. The molecule has 4 rings (SSSR count). The van der Waals surface area contributed by atoms with Crippen LogP contribution >= 0.6 is 0 Å². The molecule has 1 fully saturated rings. The summed E-state index contributed by atoms with van der Waals surface area (Å²) in [4.78, 5) is 23.4. The Morgan fingerprint density at radius 3 is 2.86 bits per heavy atom. The van der Waals surface area contributed by atoms with E-state index in [2.05, 4.69) is 4.98 Å². The van der Waals surface area contributed by atoms with Crippen LogP contribution in [0, 0.1) is 12.7 Å². The Labute approximate surface area is 163 Å². The number of hydrogen-bond donors (Lipinski definition) is 0. The number of likely N-dealkylation sites (tertiary alicyclic amines) is 1. The highest BCUT2D eigenvalue weighted by Gasteiger charge is 2.27. The summed E-state index contributed by atoms with van der Waals surface area (Å²) in [5, 5.41) is 0. The third-order valence-corrected chi connectivity index (χ3v) is 5.12.